The lowest BCUT2D eigenvalue weighted by molar-refractivity contribution is 0.0921. The lowest BCUT2D eigenvalue weighted by Crippen LogP contribution is -2.30. The smallest absolute Gasteiger partial charge is 0.301 e. The van der Waals surface area contributed by atoms with Crippen molar-refractivity contribution in [2.24, 2.45) is 5.84 Å². The predicted octanol–water partition coefficient (Wildman–Crippen LogP) is 2.30. The molecular weight excluding hydrogens is 294 g/mol. The number of nitriles is 1. The third kappa shape index (κ3) is 3.34. The largest absolute Gasteiger partial charge is 0.484 e. The molecule has 0 saturated carbocycles. The van der Waals surface area contributed by atoms with Gasteiger partial charge in [0.15, 0.2) is 5.76 Å². The molecule has 21 heavy (non-hydrogen) atoms. The van der Waals surface area contributed by atoms with Crippen molar-refractivity contribution < 1.29 is 13.9 Å². The first-order valence-electron chi connectivity index (χ1n) is 5.98. The average Bonchev–Trinajstić information content (AvgIpc) is 2.86. The number of hydrogen-bond donors (Lipinski definition) is 2. The summed E-state index contributed by atoms with van der Waals surface area (Å²) in [5.74, 6) is 5.59. The maximum Gasteiger partial charge on any atom is 0.301 e. The molecule has 108 valence electrons. The van der Waals surface area contributed by atoms with E-state index in [0.29, 0.717) is 27.7 Å². The molecule has 0 fully saturated rings. The number of carbonyl (C=O) groups excluding carboxylic acids is 1. The van der Waals surface area contributed by atoms with Gasteiger partial charge in [0.2, 0.25) is 0 Å². The van der Waals surface area contributed by atoms with Crippen LogP contribution >= 0.6 is 11.6 Å². The summed E-state index contributed by atoms with van der Waals surface area (Å²) in [4.78, 5) is 11.4. The number of nitrogens with zero attached hydrogens (tertiary/aromatic N) is 1. The van der Waals surface area contributed by atoms with Gasteiger partial charge in [0.25, 0.3) is 0 Å². The second-order valence-electron chi connectivity index (χ2n) is 4.24. The van der Waals surface area contributed by atoms with Crippen LogP contribution in [-0.4, -0.2) is 5.91 Å². The summed E-state index contributed by atoms with van der Waals surface area (Å²) in [7, 11) is 0. The van der Waals surface area contributed by atoms with Gasteiger partial charge in [-0.25, -0.2) is 5.84 Å². The van der Waals surface area contributed by atoms with Crippen molar-refractivity contribution >= 4 is 17.5 Å². The maximum absolute atomic E-state index is 11.4. The van der Waals surface area contributed by atoms with E-state index in [-0.39, 0.29) is 12.4 Å². The molecule has 2 rings (SSSR count). The number of rotatable bonds is 4. The molecule has 3 N–H and O–H groups in total. The molecule has 0 radical (unpaired) electrons. The number of halogens is 1. The van der Waals surface area contributed by atoms with E-state index in [1.807, 2.05) is 11.5 Å². The summed E-state index contributed by atoms with van der Waals surface area (Å²) in [6.07, 6.45) is 0. The first kappa shape index (κ1) is 14.9. The number of nitrogens with one attached hydrogen (secondary N) is 1. The van der Waals surface area contributed by atoms with Crippen LogP contribution in [0, 0.1) is 18.3 Å². The van der Waals surface area contributed by atoms with Crippen LogP contribution in [-0.2, 0) is 6.61 Å². The number of nitrogens with two attached hydrogens (primary N) is 1. The molecule has 0 spiro atoms. The van der Waals surface area contributed by atoms with Crippen LogP contribution in [0.5, 0.6) is 5.75 Å². The predicted molar refractivity (Wildman–Crippen MR) is 75.6 cm³/mol. The molecular formula is C14H12ClN3O3. The van der Waals surface area contributed by atoms with Gasteiger partial charge < -0.3 is 9.15 Å². The molecule has 7 heteroatoms. The van der Waals surface area contributed by atoms with Crippen molar-refractivity contribution in [3.63, 3.8) is 0 Å². The average molecular weight is 306 g/mol. The van der Waals surface area contributed by atoms with Crippen LogP contribution in [0.25, 0.3) is 0 Å². The van der Waals surface area contributed by atoms with Gasteiger partial charge in [-0.2, -0.15) is 5.26 Å². The number of amides is 1. The SMILES string of the molecule is Cc1cc(COc2ccc(C#N)cc2Cl)oc1C(=O)NN. The zero-order valence-electron chi connectivity index (χ0n) is 11.1. The summed E-state index contributed by atoms with van der Waals surface area (Å²) >= 11 is 6.00. The molecule has 0 aliphatic carbocycles. The van der Waals surface area contributed by atoms with E-state index in [1.54, 1.807) is 25.1 Å². The van der Waals surface area contributed by atoms with Crippen LogP contribution in [0.3, 0.4) is 0 Å². The Hall–Kier alpha value is -2.49. The number of carbonyl (C=O) groups is 1. The van der Waals surface area contributed by atoms with E-state index < -0.39 is 5.91 Å². The summed E-state index contributed by atoms with van der Waals surface area (Å²) in [6, 6.07) is 8.38. The Balaban J connectivity index is 2.10. The van der Waals surface area contributed by atoms with E-state index in [0.717, 1.165) is 0 Å². The zero-order valence-corrected chi connectivity index (χ0v) is 11.9. The van der Waals surface area contributed by atoms with Gasteiger partial charge in [0, 0.05) is 5.56 Å². The number of hydrogen-bond acceptors (Lipinski definition) is 5. The van der Waals surface area contributed by atoms with Gasteiger partial charge in [-0.05, 0) is 31.2 Å². The van der Waals surface area contributed by atoms with Crippen molar-refractivity contribution in [2.45, 2.75) is 13.5 Å². The first-order valence-corrected chi connectivity index (χ1v) is 6.35. The number of hydrazine groups is 1. The lowest BCUT2D eigenvalue weighted by atomic mass is 10.2. The summed E-state index contributed by atoms with van der Waals surface area (Å²) in [5, 5.41) is 9.09. The van der Waals surface area contributed by atoms with Crippen molar-refractivity contribution in [3.05, 3.63) is 51.9 Å². The molecule has 2 aromatic rings. The van der Waals surface area contributed by atoms with Crippen LogP contribution < -0.4 is 16.0 Å². The van der Waals surface area contributed by atoms with E-state index in [9.17, 15) is 4.79 Å². The minimum Gasteiger partial charge on any atom is -0.484 e. The Morgan fingerprint density at radius 2 is 2.29 bits per heavy atom. The van der Waals surface area contributed by atoms with Crippen LogP contribution in [0.2, 0.25) is 5.02 Å². The molecule has 1 aromatic heterocycles. The first-order chi connectivity index (χ1) is 10.0. The number of benzene rings is 1. The Morgan fingerprint density at radius 1 is 1.52 bits per heavy atom. The normalized spacial score (nSPS) is 10.0. The van der Waals surface area contributed by atoms with Crippen molar-refractivity contribution in [3.8, 4) is 11.8 Å². The van der Waals surface area contributed by atoms with Gasteiger partial charge in [0.05, 0.1) is 16.7 Å². The summed E-state index contributed by atoms with van der Waals surface area (Å²) in [5.41, 5.74) is 3.11. The minimum absolute atomic E-state index is 0.101. The van der Waals surface area contributed by atoms with Crippen LogP contribution in [0.15, 0.2) is 28.7 Å². The number of nitrogen functional groups attached to an aromatic ring is 1. The molecule has 0 aliphatic heterocycles. The van der Waals surface area contributed by atoms with Crippen molar-refractivity contribution in [2.75, 3.05) is 0 Å². The van der Waals surface area contributed by atoms with E-state index in [4.69, 9.17) is 31.9 Å². The molecule has 0 saturated heterocycles. The highest BCUT2D eigenvalue weighted by atomic mass is 35.5. The minimum atomic E-state index is -0.504. The highest BCUT2D eigenvalue weighted by molar-refractivity contribution is 6.32. The van der Waals surface area contributed by atoms with Gasteiger partial charge in [0.1, 0.15) is 18.1 Å². The molecule has 1 aromatic carbocycles. The maximum atomic E-state index is 11.4. The third-order valence-corrected chi connectivity index (χ3v) is 3.03. The molecule has 0 bridgehead atoms. The van der Waals surface area contributed by atoms with E-state index in [1.165, 1.54) is 6.07 Å². The second-order valence-corrected chi connectivity index (χ2v) is 4.65. The highest BCUT2D eigenvalue weighted by Gasteiger charge is 2.15. The number of aryl methyl sites for hydroxylation is 1. The topological polar surface area (TPSA) is 101 Å². The molecule has 0 atom stereocenters. The zero-order chi connectivity index (χ0) is 15.4. The van der Waals surface area contributed by atoms with Gasteiger partial charge in [-0.15, -0.1) is 0 Å². The molecule has 0 aliphatic rings. The van der Waals surface area contributed by atoms with Gasteiger partial charge in [-0.1, -0.05) is 11.6 Å². The Bertz CT molecular complexity index is 719. The van der Waals surface area contributed by atoms with E-state index >= 15 is 0 Å². The number of furan rings is 1. The summed E-state index contributed by atoms with van der Waals surface area (Å²) < 4.78 is 10.9. The fraction of sp³-hybridized carbons (Fsp3) is 0.143. The van der Waals surface area contributed by atoms with Crippen molar-refractivity contribution in [1.82, 2.24) is 5.43 Å². The fourth-order valence-corrected chi connectivity index (χ4v) is 1.98. The number of ether oxygens (including phenoxy) is 1. The van der Waals surface area contributed by atoms with Crippen LogP contribution in [0.1, 0.15) is 27.4 Å². The molecule has 6 nitrogen and oxygen atoms in total. The van der Waals surface area contributed by atoms with Crippen LogP contribution in [0.4, 0.5) is 0 Å². The Labute approximate surface area is 126 Å². The summed E-state index contributed by atoms with van der Waals surface area (Å²) in [6.45, 7) is 1.83. The van der Waals surface area contributed by atoms with Gasteiger partial charge >= 0.3 is 5.91 Å². The van der Waals surface area contributed by atoms with Gasteiger partial charge in [-0.3, -0.25) is 10.2 Å². The molecule has 1 heterocycles. The molecule has 1 amide bonds. The fourth-order valence-electron chi connectivity index (χ4n) is 1.75. The Kier molecular flexibility index (Phi) is 4.48. The highest BCUT2D eigenvalue weighted by Crippen LogP contribution is 2.26. The molecule has 0 unspecified atom stereocenters. The van der Waals surface area contributed by atoms with Crippen molar-refractivity contribution in [1.29, 1.82) is 5.26 Å². The quantitative estimate of drug-likeness (QED) is 0.512. The lowest BCUT2D eigenvalue weighted by Gasteiger charge is -2.06. The second kappa shape index (κ2) is 6.31. The third-order valence-electron chi connectivity index (χ3n) is 2.74. The van der Waals surface area contributed by atoms with E-state index in [2.05, 4.69) is 0 Å². The standard InChI is InChI=1S/C14H12ClN3O3/c1-8-4-10(21-13(8)14(19)18-17)7-20-12-3-2-9(6-16)5-11(12)15/h2-5H,7,17H2,1H3,(H,18,19). The Morgan fingerprint density at radius 3 is 2.90 bits per heavy atom. The monoisotopic (exact) mass is 305 g/mol.